The molecule has 3 rings (SSSR count). The zero-order valence-corrected chi connectivity index (χ0v) is 18.1. The topological polar surface area (TPSA) is 54.0 Å². The molecular formula is C25H34N2O3. The standard InChI is InChI=1S/C25H34N2O3/c1-19-6-10-23(11-7-19)30-17-14-20(2)26-24(18-27-15-4-5-16-27)25(28)21-8-12-22(29-3)13-9-21/h6-13,24-26,28H,2,4-5,14-18H2,1,3H3/t24-,25-/m1/s1. The molecule has 2 atom stereocenters. The fraction of sp³-hybridized carbons (Fsp3) is 0.440. The van der Waals surface area contributed by atoms with E-state index in [0.717, 1.165) is 42.4 Å². The van der Waals surface area contributed by atoms with Crippen molar-refractivity contribution < 1.29 is 14.6 Å². The molecule has 1 heterocycles. The summed E-state index contributed by atoms with van der Waals surface area (Å²) in [5, 5.41) is 14.5. The second-order valence-corrected chi connectivity index (χ2v) is 7.99. The first kappa shape index (κ1) is 22.2. The second-order valence-electron chi connectivity index (χ2n) is 7.99. The Bertz CT molecular complexity index is 783. The summed E-state index contributed by atoms with van der Waals surface area (Å²) in [6.07, 6.45) is 2.49. The quantitative estimate of drug-likeness (QED) is 0.585. The predicted molar refractivity (Wildman–Crippen MR) is 121 cm³/mol. The van der Waals surface area contributed by atoms with E-state index < -0.39 is 6.10 Å². The van der Waals surface area contributed by atoms with Crippen molar-refractivity contribution in [1.82, 2.24) is 10.2 Å². The fourth-order valence-corrected chi connectivity index (χ4v) is 3.76. The number of aliphatic hydroxyl groups excluding tert-OH is 1. The lowest BCUT2D eigenvalue weighted by atomic mass is 10.0. The van der Waals surface area contributed by atoms with Gasteiger partial charge in [-0.1, -0.05) is 36.4 Å². The van der Waals surface area contributed by atoms with E-state index in [2.05, 4.69) is 23.7 Å². The van der Waals surface area contributed by atoms with E-state index in [9.17, 15) is 5.11 Å². The molecule has 2 aromatic rings. The van der Waals surface area contributed by atoms with Gasteiger partial charge in [0.2, 0.25) is 0 Å². The Balaban J connectivity index is 1.57. The molecule has 2 N–H and O–H groups in total. The number of rotatable bonds is 11. The minimum atomic E-state index is -0.633. The lowest BCUT2D eigenvalue weighted by molar-refractivity contribution is 0.110. The summed E-state index contributed by atoms with van der Waals surface area (Å²) < 4.78 is 11.1. The number of hydrogen-bond donors (Lipinski definition) is 2. The second kappa shape index (κ2) is 11.0. The Morgan fingerprint density at radius 1 is 1.07 bits per heavy atom. The Kier molecular flexibility index (Phi) is 8.17. The van der Waals surface area contributed by atoms with Crippen molar-refractivity contribution in [3.05, 3.63) is 71.9 Å². The lowest BCUT2D eigenvalue weighted by Gasteiger charge is -2.30. The van der Waals surface area contributed by atoms with Crippen molar-refractivity contribution in [1.29, 1.82) is 0 Å². The van der Waals surface area contributed by atoms with Crippen molar-refractivity contribution in [3.63, 3.8) is 0 Å². The fourth-order valence-electron chi connectivity index (χ4n) is 3.76. The van der Waals surface area contributed by atoms with Gasteiger partial charge in [0.25, 0.3) is 0 Å². The van der Waals surface area contributed by atoms with E-state index in [4.69, 9.17) is 9.47 Å². The third kappa shape index (κ3) is 6.51. The van der Waals surface area contributed by atoms with Gasteiger partial charge < -0.3 is 24.8 Å². The Morgan fingerprint density at radius 2 is 1.70 bits per heavy atom. The molecule has 0 unspecified atom stereocenters. The number of hydrogen-bond acceptors (Lipinski definition) is 5. The molecule has 0 saturated carbocycles. The summed E-state index contributed by atoms with van der Waals surface area (Å²) in [5.41, 5.74) is 2.96. The summed E-state index contributed by atoms with van der Waals surface area (Å²) in [6.45, 7) is 9.72. The summed E-state index contributed by atoms with van der Waals surface area (Å²) in [4.78, 5) is 2.40. The highest BCUT2D eigenvalue weighted by molar-refractivity contribution is 5.29. The van der Waals surface area contributed by atoms with E-state index >= 15 is 0 Å². The van der Waals surface area contributed by atoms with Gasteiger partial charge >= 0.3 is 0 Å². The first-order chi connectivity index (χ1) is 14.5. The smallest absolute Gasteiger partial charge is 0.119 e. The number of nitrogens with zero attached hydrogens (tertiary/aromatic N) is 1. The lowest BCUT2D eigenvalue weighted by Crippen LogP contribution is -2.43. The van der Waals surface area contributed by atoms with Crippen LogP contribution in [0.15, 0.2) is 60.8 Å². The minimum absolute atomic E-state index is 0.136. The number of aryl methyl sites for hydroxylation is 1. The van der Waals surface area contributed by atoms with Crippen LogP contribution in [0.4, 0.5) is 0 Å². The molecule has 0 bridgehead atoms. The van der Waals surface area contributed by atoms with Crippen LogP contribution in [0.25, 0.3) is 0 Å². The van der Waals surface area contributed by atoms with Crippen LogP contribution in [-0.4, -0.2) is 49.4 Å². The molecule has 5 nitrogen and oxygen atoms in total. The predicted octanol–water partition coefficient (Wildman–Crippen LogP) is 4.07. The maximum atomic E-state index is 11.1. The number of benzene rings is 2. The summed E-state index contributed by atoms with van der Waals surface area (Å²) >= 11 is 0. The van der Waals surface area contributed by atoms with Crippen LogP contribution in [0.3, 0.4) is 0 Å². The van der Waals surface area contributed by atoms with E-state index in [1.165, 1.54) is 18.4 Å². The van der Waals surface area contributed by atoms with E-state index in [0.29, 0.717) is 13.0 Å². The van der Waals surface area contributed by atoms with Crippen LogP contribution >= 0.6 is 0 Å². The maximum absolute atomic E-state index is 11.1. The monoisotopic (exact) mass is 410 g/mol. The van der Waals surface area contributed by atoms with Crippen molar-refractivity contribution in [2.75, 3.05) is 33.4 Å². The van der Waals surface area contributed by atoms with Crippen LogP contribution in [0.5, 0.6) is 11.5 Å². The Morgan fingerprint density at radius 3 is 2.33 bits per heavy atom. The Labute approximate surface area is 180 Å². The minimum Gasteiger partial charge on any atom is -0.497 e. The molecule has 0 aromatic heterocycles. The molecule has 0 amide bonds. The molecule has 30 heavy (non-hydrogen) atoms. The first-order valence-electron chi connectivity index (χ1n) is 10.7. The van der Waals surface area contributed by atoms with Crippen LogP contribution in [-0.2, 0) is 0 Å². The molecule has 1 aliphatic rings. The number of likely N-dealkylation sites (tertiary alicyclic amines) is 1. The van der Waals surface area contributed by atoms with Crippen LogP contribution in [0.1, 0.15) is 36.5 Å². The van der Waals surface area contributed by atoms with Crippen molar-refractivity contribution in [3.8, 4) is 11.5 Å². The SMILES string of the molecule is C=C(CCOc1ccc(C)cc1)N[C@H](CN1CCCC1)[C@H](O)c1ccc(OC)cc1. The number of aliphatic hydroxyl groups is 1. The van der Waals surface area contributed by atoms with Gasteiger partial charge in [-0.3, -0.25) is 0 Å². The molecule has 1 saturated heterocycles. The molecular weight excluding hydrogens is 376 g/mol. The van der Waals surface area contributed by atoms with Crippen molar-refractivity contribution >= 4 is 0 Å². The van der Waals surface area contributed by atoms with Gasteiger partial charge in [0.05, 0.1) is 19.8 Å². The van der Waals surface area contributed by atoms with E-state index in [-0.39, 0.29) is 6.04 Å². The highest BCUT2D eigenvalue weighted by Gasteiger charge is 2.25. The summed E-state index contributed by atoms with van der Waals surface area (Å²) in [6, 6.07) is 15.5. The zero-order valence-electron chi connectivity index (χ0n) is 18.1. The van der Waals surface area contributed by atoms with Gasteiger partial charge in [-0.05, 0) is 62.7 Å². The van der Waals surface area contributed by atoms with Gasteiger partial charge in [0.15, 0.2) is 0 Å². The molecule has 0 spiro atoms. The number of methoxy groups -OCH3 is 1. The zero-order chi connectivity index (χ0) is 21.3. The molecule has 2 aromatic carbocycles. The molecule has 162 valence electrons. The maximum Gasteiger partial charge on any atom is 0.119 e. The van der Waals surface area contributed by atoms with Gasteiger partial charge in [-0.15, -0.1) is 0 Å². The number of ether oxygens (including phenoxy) is 2. The normalized spacial score (nSPS) is 16.1. The van der Waals surface area contributed by atoms with Gasteiger partial charge in [0, 0.05) is 18.7 Å². The Hall–Kier alpha value is -2.50. The number of nitrogens with one attached hydrogen (secondary N) is 1. The van der Waals surface area contributed by atoms with Crippen molar-refractivity contribution in [2.45, 2.75) is 38.3 Å². The van der Waals surface area contributed by atoms with Gasteiger partial charge in [-0.2, -0.15) is 0 Å². The van der Waals surface area contributed by atoms with Crippen molar-refractivity contribution in [2.24, 2.45) is 0 Å². The molecule has 5 heteroatoms. The highest BCUT2D eigenvalue weighted by Crippen LogP contribution is 2.23. The third-order valence-electron chi connectivity index (χ3n) is 5.58. The highest BCUT2D eigenvalue weighted by atomic mass is 16.5. The molecule has 0 aliphatic carbocycles. The summed E-state index contributed by atoms with van der Waals surface area (Å²) in [7, 11) is 1.64. The van der Waals surface area contributed by atoms with E-state index in [1.807, 2.05) is 48.5 Å². The van der Waals surface area contributed by atoms with Gasteiger partial charge in [-0.25, -0.2) is 0 Å². The van der Waals surface area contributed by atoms with Crippen LogP contribution in [0.2, 0.25) is 0 Å². The largest absolute Gasteiger partial charge is 0.497 e. The molecule has 1 fully saturated rings. The average Bonchev–Trinajstić information content (AvgIpc) is 3.27. The molecule has 0 radical (unpaired) electrons. The summed E-state index contributed by atoms with van der Waals surface area (Å²) in [5.74, 6) is 1.65. The van der Waals surface area contributed by atoms with Crippen LogP contribution < -0.4 is 14.8 Å². The van der Waals surface area contributed by atoms with E-state index in [1.54, 1.807) is 7.11 Å². The molecule has 1 aliphatic heterocycles. The van der Waals surface area contributed by atoms with Crippen LogP contribution in [0, 0.1) is 6.92 Å². The first-order valence-corrected chi connectivity index (χ1v) is 10.7. The van der Waals surface area contributed by atoms with Gasteiger partial charge in [0.1, 0.15) is 17.6 Å². The third-order valence-corrected chi connectivity index (χ3v) is 5.58. The average molecular weight is 411 g/mol.